The number of anilines is 2. The van der Waals surface area contributed by atoms with E-state index >= 15 is 0 Å². The van der Waals surface area contributed by atoms with Crippen LogP contribution in [0.25, 0.3) is 0 Å². The van der Waals surface area contributed by atoms with Crippen LogP contribution in [0.1, 0.15) is 20.3 Å². The van der Waals surface area contributed by atoms with E-state index < -0.39 is 9.84 Å². The summed E-state index contributed by atoms with van der Waals surface area (Å²) in [6.07, 6.45) is 1.06. The van der Waals surface area contributed by atoms with Gasteiger partial charge in [-0.05, 0) is 23.9 Å². The van der Waals surface area contributed by atoms with Gasteiger partial charge in [-0.2, -0.15) is 4.37 Å². The number of nitrogens with zero attached hydrogens (tertiary/aromatic N) is 2. The van der Waals surface area contributed by atoms with Gasteiger partial charge in [-0.3, -0.25) is 0 Å². The molecule has 1 aromatic rings. The Labute approximate surface area is 124 Å². The molecule has 2 unspecified atom stereocenters. The molecule has 8 heteroatoms. The van der Waals surface area contributed by atoms with Crippen LogP contribution in [-0.2, 0) is 14.6 Å². The zero-order chi connectivity index (χ0) is 14.9. The molecule has 20 heavy (non-hydrogen) atoms. The molecule has 1 aliphatic rings. The minimum absolute atomic E-state index is 0.0283. The van der Waals surface area contributed by atoms with Gasteiger partial charge in [-0.25, -0.2) is 8.42 Å². The lowest BCUT2D eigenvalue weighted by Gasteiger charge is -2.36. The van der Waals surface area contributed by atoms with Gasteiger partial charge in [0.15, 0.2) is 15.7 Å². The normalized spacial score (nSPS) is 24.1. The van der Waals surface area contributed by atoms with Crippen LogP contribution in [-0.4, -0.2) is 44.8 Å². The highest BCUT2D eigenvalue weighted by atomic mass is 32.2. The molecule has 1 aliphatic heterocycles. The molecule has 0 aromatic carbocycles. The van der Waals surface area contributed by atoms with Gasteiger partial charge < -0.3 is 15.4 Å². The number of hydrogen-bond acceptors (Lipinski definition) is 7. The van der Waals surface area contributed by atoms with Gasteiger partial charge >= 0.3 is 0 Å². The van der Waals surface area contributed by atoms with Crippen molar-refractivity contribution in [3.05, 3.63) is 0 Å². The number of nitrogen functional groups attached to an aromatic ring is 1. The van der Waals surface area contributed by atoms with E-state index in [-0.39, 0.29) is 22.6 Å². The zero-order valence-electron chi connectivity index (χ0n) is 12.0. The number of ether oxygens (including phenoxy) is 1. The third-order valence-corrected chi connectivity index (χ3v) is 6.66. The van der Waals surface area contributed by atoms with E-state index in [9.17, 15) is 8.42 Å². The van der Waals surface area contributed by atoms with Crippen molar-refractivity contribution in [1.82, 2.24) is 4.37 Å². The number of methoxy groups -OCH3 is 1. The third kappa shape index (κ3) is 2.77. The Morgan fingerprint density at radius 1 is 1.55 bits per heavy atom. The fourth-order valence-electron chi connectivity index (χ4n) is 2.45. The Bertz CT molecular complexity index is 571. The maximum absolute atomic E-state index is 12.2. The Morgan fingerprint density at radius 3 is 2.85 bits per heavy atom. The van der Waals surface area contributed by atoms with Crippen molar-refractivity contribution in [2.24, 2.45) is 5.92 Å². The van der Waals surface area contributed by atoms with Gasteiger partial charge in [0.2, 0.25) is 0 Å². The molecule has 1 saturated heterocycles. The summed E-state index contributed by atoms with van der Waals surface area (Å²) < 4.78 is 33.9. The van der Waals surface area contributed by atoms with E-state index in [4.69, 9.17) is 10.5 Å². The molecule has 0 bridgehead atoms. The van der Waals surface area contributed by atoms with Crippen molar-refractivity contribution in [3.8, 4) is 0 Å². The number of piperidine rings is 1. The first-order valence-corrected chi connectivity index (χ1v) is 9.09. The summed E-state index contributed by atoms with van der Waals surface area (Å²) in [5.74, 6) is 0.604. The van der Waals surface area contributed by atoms with Crippen molar-refractivity contribution in [3.63, 3.8) is 0 Å². The third-order valence-electron chi connectivity index (χ3n) is 3.83. The average molecular weight is 319 g/mol. The summed E-state index contributed by atoms with van der Waals surface area (Å²) in [7, 11) is -1.67. The summed E-state index contributed by atoms with van der Waals surface area (Å²) in [6.45, 7) is 5.24. The fourth-order valence-corrected chi connectivity index (χ4v) is 4.79. The van der Waals surface area contributed by atoms with E-state index in [1.54, 1.807) is 14.0 Å². The Hall–Kier alpha value is -0.860. The highest BCUT2D eigenvalue weighted by Crippen LogP contribution is 2.37. The summed E-state index contributed by atoms with van der Waals surface area (Å²) >= 11 is 1.15. The highest BCUT2D eigenvalue weighted by molar-refractivity contribution is 7.91. The van der Waals surface area contributed by atoms with Crippen molar-refractivity contribution >= 4 is 32.2 Å². The SMILES string of the molecule is CCS(=O)(=O)c1c(N)nsc1N1CCC(C)C(OC)C1. The van der Waals surface area contributed by atoms with Crippen LogP contribution in [0.5, 0.6) is 0 Å². The van der Waals surface area contributed by atoms with E-state index in [1.807, 2.05) is 4.90 Å². The lowest BCUT2D eigenvalue weighted by Crippen LogP contribution is -2.44. The van der Waals surface area contributed by atoms with Crippen LogP contribution < -0.4 is 10.6 Å². The van der Waals surface area contributed by atoms with Crippen molar-refractivity contribution in [2.75, 3.05) is 36.6 Å². The smallest absolute Gasteiger partial charge is 0.184 e. The van der Waals surface area contributed by atoms with Crippen LogP contribution in [0.15, 0.2) is 4.90 Å². The molecule has 6 nitrogen and oxygen atoms in total. The van der Waals surface area contributed by atoms with E-state index in [0.29, 0.717) is 17.5 Å². The molecule has 1 aromatic heterocycles. The lowest BCUT2D eigenvalue weighted by molar-refractivity contribution is 0.0499. The van der Waals surface area contributed by atoms with Crippen LogP contribution in [0.2, 0.25) is 0 Å². The molecule has 0 amide bonds. The number of rotatable bonds is 4. The van der Waals surface area contributed by atoms with Crippen LogP contribution in [0.4, 0.5) is 10.8 Å². The molecule has 2 heterocycles. The first-order valence-electron chi connectivity index (χ1n) is 6.66. The average Bonchev–Trinajstić information content (AvgIpc) is 2.82. The molecule has 1 fully saturated rings. The molecular formula is C12H21N3O3S2. The first-order chi connectivity index (χ1) is 9.40. The van der Waals surface area contributed by atoms with Gasteiger partial charge in [0, 0.05) is 20.2 Å². The number of sulfone groups is 1. The fraction of sp³-hybridized carbons (Fsp3) is 0.750. The van der Waals surface area contributed by atoms with Gasteiger partial charge in [0.1, 0.15) is 9.90 Å². The molecule has 114 valence electrons. The summed E-state index contributed by atoms with van der Waals surface area (Å²) in [5, 5.41) is 0.651. The molecule has 2 rings (SSSR count). The standard InChI is InChI=1S/C12H21N3O3S2/c1-4-20(16,17)10-11(13)14-19-12(10)15-6-5-8(2)9(7-15)18-3/h8-9H,4-7H2,1-3H3,(H2,13,14). The second-order valence-electron chi connectivity index (χ2n) is 5.09. The Kier molecular flexibility index (Phi) is 4.55. The zero-order valence-corrected chi connectivity index (χ0v) is 13.6. The van der Waals surface area contributed by atoms with Crippen LogP contribution in [0, 0.1) is 5.92 Å². The molecule has 2 atom stereocenters. The Morgan fingerprint density at radius 2 is 2.25 bits per heavy atom. The van der Waals surface area contributed by atoms with Gasteiger partial charge in [0.25, 0.3) is 0 Å². The molecular weight excluding hydrogens is 298 g/mol. The van der Waals surface area contributed by atoms with E-state index in [1.165, 1.54) is 0 Å². The quantitative estimate of drug-likeness (QED) is 0.902. The molecule has 0 spiro atoms. The Balaban J connectivity index is 2.35. The summed E-state index contributed by atoms with van der Waals surface area (Å²) in [5.41, 5.74) is 5.77. The van der Waals surface area contributed by atoms with Gasteiger partial charge in [-0.15, -0.1) is 0 Å². The minimum Gasteiger partial charge on any atom is -0.382 e. The van der Waals surface area contributed by atoms with Crippen molar-refractivity contribution in [1.29, 1.82) is 0 Å². The topological polar surface area (TPSA) is 85.5 Å². The van der Waals surface area contributed by atoms with Crippen LogP contribution in [0.3, 0.4) is 0 Å². The second kappa shape index (κ2) is 5.87. The van der Waals surface area contributed by atoms with E-state index in [2.05, 4.69) is 11.3 Å². The van der Waals surface area contributed by atoms with Crippen molar-refractivity contribution in [2.45, 2.75) is 31.3 Å². The van der Waals surface area contributed by atoms with Gasteiger partial charge in [-0.1, -0.05) is 13.8 Å². The maximum atomic E-state index is 12.2. The van der Waals surface area contributed by atoms with Gasteiger partial charge in [0.05, 0.1) is 11.9 Å². The predicted octanol–water partition coefficient (Wildman–Crippen LogP) is 1.38. The second-order valence-corrected chi connectivity index (χ2v) is 8.06. The lowest BCUT2D eigenvalue weighted by atomic mass is 9.96. The summed E-state index contributed by atoms with van der Waals surface area (Å²) in [6, 6.07) is 0. The first kappa shape index (κ1) is 15.5. The van der Waals surface area contributed by atoms with Crippen LogP contribution >= 0.6 is 11.5 Å². The number of aromatic nitrogens is 1. The monoisotopic (exact) mass is 319 g/mol. The minimum atomic E-state index is -3.36. The molecule has 0 radical (unpaired) electrons. The van der Waals surface area contributed by atoms with Crippen molar-refractivity contribution < 1.29 is 13.2 Å². The highest BCUT2D eigenvalue weighted by Gasteiger charge is 2.32. The molecule has 2 N–H and O–H groups in total. The number of nitrogens with two attached hydrogens (primary N) is 1. The number of hydrogen-bond donors (Lipinski definition) is 1. The maximum Gasteiger partial charge on any atom is 0.184 e. The van der Waals surface area contributed by atoms with E-state index in [0.717, 1.165) is 24.5 Å². The molecule has 0 aliphatic carbocycles. The largest absolute Gasteiger partial charge is 0.382 e. The summed E-state index contributed by atoms with van der Waals surface area (Å²) in [4.78, 5) is 2.22. The predicted molar refractivity (Wildman–Crippen MR) is 81.0 cm³/mol. The molecule has 0 saturated carbocycles.